The van der Waals surface area contributed by atoms with Gasteiger partial charge in [0.05, 0.1) is 11.6 Å². The third kappa shape index (κ3) is 2.53. The summed E-state index contributed by atoms with van der Waals surface area (Å²) in [7, 11) is 0. The second-order valence-electron chi connectivity index (χ2n) is 6.05. The smallest absolute Gasteiger partial charge is 0.248 e. The molecule has 1 aliphatic heterocycles. The van der Waals surface area contributed by atoms with Crippen LogP contribution in [0, 0.1) is 0 Å². The van der Waals surface area contributed by atoms with Gasteiger partial charge in [-0.15, -0.1) is 5.10 Å². The molecule has 1 saturated heterocycles. The first kappa shape index (κ1) is 15.4. The Hall–Kier alpha value is -2.87. The molecule has 0 aliphatic carbocycles. The number of aromatic hydroxyl groups is 1. The van der Waals surface area contributed by atoms with Crippen LogP contribution in [0.5, 0.6) is 5.75 Å². The second-order valence-corrected chi connectivity index (χ2v) is 7.28. The van der Waals surface area contributed by atoms with E-state index in [2.05, 4.69) is 15.1 Å². The fourth-order valence-electron chi connectivity index (χ4n) is 3.15. The Morgan fingerprint density at radius 2 is 2.00 bits per heavy atom. The molecule has 4 aromatic rings. The fraction of sp³-hybridized carbons (Fsp3) is 0.222. The van der Waals surface area contributed by atoms with E-state index in [1.165, 1.54) is 0 Å². The molecule has 0 radical (unpaired) electrons. The fourth-order valence-corrected chi connectivity index (χ4v) is 4.05. The minimum atomic E-state index is 0.185. The Labute approximate surface area is 153 Å². The zero-order chi connectivity index (χ0) is 17.5. The highest BCUT2D eigenvalue weighted by Crippen LogP contribution is 2.35. The van der Waals surface area contributed by atoms with Crippen molar-refractivity contribution in [3.8, 4) is 17.1 Å². The number of rotatable bonds is 2. The number of thioether (sulfide) groups is 1. The SMILES string of the molecule is Oc1cccc(-c2nc(N3CCSCC3)c3oc4nnccc4c3n2)c1. The molecule has 26 heavy (non-hydrogen) atoms. The summed E-state index contributed by atoms with van der Waals surface area (Å²) in [6.45, 7) is 1.80. The van der Waals surface area contributed by atoms with Crippen LogP contribution < -0.4 is 4.90 Å². The van der Waals surface area contributed by atoms with Crippen LogP contribution in [0.15, 0.2) is 40.9 Å². The molecule has 0 bridgehead atoms. The van der Waals surface area contributed by atoms with Gasteiger partial charge in [-0.3, -0.25) is 0 Å². The molecule has 4 heterocycles. The van der Waals surface area contributed by atoms with Gasteiger partial charge in [-0.1, -0.05) is 12.1 Å². The lowest BCUT2D eigenvalue weighted by Crippen LogP contribution is -2.33. The topological polar surface area (TPSA) is 88.2 Å². The lowest BCUT2D eigenvalue weighted by Gasteiger charge is -2.27. The molecule has 7 nitrogen and oxygen atoms in total. The molecular formula is C18H15N5O2S. The van der Waals surface area contributed by atoms with Crippen LogP contribution in [0.4, 0.5) is 5.82 Å². The molecular weight excluding hydrogens is 350 g/mol. The molecule has 1 fully saturated rings. The molecule has 8 heteroatoms. The van der Waals surface area contributed by atoms with E-state index >= 15 is 0 Å². The van der Waals surface area contributed by atoms with E-state index in [-0.39, 0.29) is 5.75 Å². The first-order valence-electron chi connectivity index (χ1n) is 8.33. The monoisotopic (exact) mass is 365 g/mol. The number of furan rings is 1. The van der Waals surface area contributed by atoms with Gasteiger partial charge in [0.25, 0.3) is 0 Å². The summed E-state index contributed by atoms with van der Waals surface area (Å²) in [5, 5.41) is 18.6. The van der Waals surface area contributed by atoms with Crippen molar-refractivity contribution in [3.63, 3.8) is 0 Å². The van der Waals surface area contributed by atoms with Gasteiger partial charge in [-0.2, -0.15) is 16.9 Å². The summed E-state index contributed by atoms with van der Waals surface area (Å²) < 4.78 is 5.95. The third-order valence-electron chi connectivity index (χ3n) is 4.40. The Bertz CT molecular complexity index is 1110. The van der Waals surface area contributed by atoms with E-state index in [0.29, 0.717) is 17.1 Å². The number of benzene rings is 1. The minimum Gasteiger partial charge on any atom is -0.508 e. The van der Waals surface area contributed by atoms with Gasteiger partial charge in [-0.05, 0) is 18.2 Å². The first-order valence-corrected chi connectivity index (χ1v) is 9.49. The molecule has 130 valence electrons. The van der Waals surface area contributed by atoms with Crippen molar-refractivity contribution in [1.29, 1.82) is 0 Å². The van der Waals surface area contributed by atoms with Crippen molar-refractivity contribution in [2.45, 2.75) is 0 Å². The maximum absolute atomic E-state index is 9.83. The minimum absolute atomic E-state index is 0.185. The average Bonchev–Trinajstić information content (AvgIpc) is 3.06. The van der Waals surface area contributed by atoms with Gasteiger partial charge in [0.1, 0.15) is 11.3 Å². The second kappa shape index (κ2) is 6.14. The van der Waals surface area contributed by atoms with Crippen molar-refractivity contribution in [3.05, 3.63) is 36.5 Å². The van der Waals surface area contributed by atoms with Gasteiger partial charge in [-0.25, -0.2) is 9.97 Å². The van der Waals surface area contributed by atoms with Crippen LogP contribution in [-0.2, 0) is 0 Å². The quantitative estimate of drug-likeness (QED) is 0.580. The maximum Gasteiger partial charge on any atom is 0.248 e. The van der Waals surface area contributed by atoms with Crippen molar-refractivity contribution >= 4 is 39.8 Å². The highest BCUT2D eigenvalue weighted by atomic mass is 32.2. The van der Waals surface area contributed by atoms with E-state index in [1.54, 1.807) is 24.4 Å². The predicted molar refractivity (Wildman–Crippen MR) is 102 cm³/mol. The lowest BCUT2D eigenvalue weighted by molar-refractivity contribution is 0.475. The molecule has 0 amide bonds. The van der Waals surface area contributed by atoms with Crippen molar-refractivity contribution in [1.82, 2.24) is 20.2 Å². The molecule has 1 N–H and O–H groups in total. The van der Waals surface area contributed by atoms with Gasteiger partial charge in [0, 0.05) is 30.2 Å². The zero-order valence-electron chi connectivity index (χ0n) is 13.8. The molecule has 0 atom stereocenters. The number of hydrogen-bond acceptors (Lipinski definition) is 8. The highest BCUT2D eigenvalue weighted by Gasteiger charge is 2.22. The number of phenols is 1. The number of nitrogens with zero attached hydrogens (tertiary/aromatic N) is 5. The van der Waals surface area contributed by atoms with E-state index in [1.807, 2.05) is 23.9 Å². The van der Waals surface area contributed by atoms with Crippen molar-refractivity contribution < 1.29 is 9.52 Å². The molecule has 3 aromatic heterocycles. The third-order valence-corrected chi connectivity index (χ3v) is 5.35. The van der Waals surface area contributed by atoms with Crippen LogP contribution in [0.2, 0.25) is 0 Å². The number of phenolic OH excluding ortho intramolecular Hbond substituents is 1. The van der Waals surface area contributed by atoms with E-state index in [0.717, 1.165) is 46.9 Å². The van der Waals surface area contributed by atoms with Gasteiger partial charge in [0.15, 0.2) is 17.2 Å². The number of aromatic nitrogens is 4. The van der Waals surface area contributed by atoms with Crippen LogP contribution in [-0.4, -0.2) is 49.9 Å². The van der Waals surface area contributed by atoms with Crippen LogP contribution in [0.1, 0.15) is 0 Å². The van der Waals surface area contributed by atoms with E-state index in [9.17, 15) is 5.11 Å². The predicted octanol–water partition coefficient (Wildman–Crippen LogP) is 3.09. The Morgan fingerprint density at radius 1 is 1.12 bits per heavy atom. The average molecular weight is 365 g/mol. The standard InChI is InChI=1S/C18H15N5O2S/c24-12-3-1-2-11(10-12)16-20-14-13-4-5-19-22-18(13)25-15(14)17(21-16)23-6-8-26-9-7-23/h1-5,10,24H,6-9H2. The molecule has 0 unspecified atom stereocenters. The van der Waals surface area contributed by atoms with Crippen LogP contribution >= 0.6 is 11.8 Å². The summed E-state index contributed by atoms with van der Waals surface area (Å²) in [6.07, 6.45) is 1.63. The Balaban J connectivity index is 1.79. The van der Waals surface area contributed by atoms with Gasteiger partial charge in [0.2, 0.25) is 5.71 Å². The summed E-state index contributed by atoms with van der Waals surface area (Å²) in [5.41, 5.74) is 2.57. The lowest BCUT2D eigenvalue weighted by atomic mass is 10.2. The number of fused-ring (bicyclic) bond motifs is 3. The first-order chi connectivity index (χ1) is 12.8. The normalized spacial score (nSPS) is 15.0. The molecule has 0 spiro atoms. The molecule has 1 aliphatic rings. The summed E-state index contributed by atoms with van der Waals surface area (Å²) >= 11 is 1.94. The van der Waals surface area contributed by atoms with Crippen molar-refractivity contribution in [2.24, 2.45) is 0 Å². The summed E-state index contributed by atoms with van der Waals surface area (Å²) in [4.78, 5) is 11.7. The molecule has 0 saturated carbocycles. The van der Waals surface area contributed by atoms with Crippen LogP contribution in [0.3, 0.4) is 0 Å². The Kier molecular flexibility index (Phi) is 3.63. The van der Waals surface area contributed by atoms with E-state index < -0.39 is 0 Å². The Morgan fingerprint density at radius 3 is 2.85 bits per heavy atom. The summed E-state index contributed by atoms with van der Waals surface area (Å²) in [6, 6.07) is 8.82. The summed E-state index contributed by atoms with van der Waals surface area (Å²) in [5.74, 6) is 3.61. The molecule has 5 rings (SSSR count). The zero-order valence-corrected chi connectivity index (χ0v) is 14.6. The molecule has 1 aromatic carbocycles. The van der Waals surface area contributed by atoms with Gasteiger partial charge >= 0.3 is 0 Å². The van der Waals surface area contributed by atoms with Gasteiger partial charge < -0.3 is 14.4 Å². The number of hydrogen-bond donors (Lipinski definition) is 1. The number of anilines is 1. The highest BCUT2D eigenvalue weighted by molar-refractivity contribution is 7.99. The largest absolute Gasteiger partial charge is 0.508 e. The van der Waals surface area contributed by atoms with Crippen LogP contribution in [0.25, 0.3) is 33.6 Å². The maximum atomic E-state index is 9.83. The van der Waals surface area contributed by atoms with Crippen molar-refractivity contribution in [2.75, 3.05) is 29.5 Å². The van der Waals surface area contributed by atoms with E-state index in [4.69, 9.17) is 14.4 Å².